The van der Waals surface area contributed by atoms with Gasteiger partial charge in [-0.3, -0.25) is 0 Å². The van der Waals surface area contributed by atoms with E-state index in [9.17, 15) is 17.6 Å². The normalized spacial score (nSPS) is 11.8. The molecule has 5 heteroatoms. The predicted octanol–water partition coefficient (Wildman–Crippen LogP) is 2.72. The molecular formula is C8H5F4O. The van der Waals surface area contributed by atoms with Crippen LogP contribution in [0.5, 0.6) is 5.75 Å². The summed E-state index contributed by atoms with van der Waals surface area (Å²) in [4.78, 5) is 0. The molecule has 0 bridgehead atoms. The first-order valence-corrected chi connectivity index (χ1v) is 3.33. The van der Waals surface area contributed by atoms with Crippen molar-refractivity contribution in [2.24, 2.45) is 0 Å². The zero-order chi connectivity index (χ0) is 9.90. The Kier molecular flexibility index (Phi) is 2.75. The molecule has 0 fully saturated rings. The summed E-state index contributed by atoms with van der Waals surface area (Å²) in [5.74, 6) is -0.340. The summed E-state index contributed by atoms with van der Waals surface area (Å²) >= 11 is 0. The van der Waals surface area contributed by atoms with Gasteiger partial charge >= 0.3 is 12.5 Å². The van der Waals surface area contributed by atoms with Gasteiger partial charge in [0.15, 0.2) is 0 Å². The van der Waals surface area contributed by atoms with E-state index in [1.54, 1.807) is 0 Å². The van der Waals surface area contributed by atoms with Gasteiger partial charge in [0.25, 0.3) is 0 Å². The van der Waals surface area contributed by atoms with Gasteiger partial charge in [0.1, 0.15) is 5.75 Å². The van der Waals surface area contributed by atoms with Crippen LogP contribution in [0.2, 0.25) is 0 Å². The Balaban J connectivity index is 2.69. The van der Waals surface area contributed by atoms with Crippen molar-refractivity contribution in [1.29, 1.82) is 0 Å². The van der Waals surface area contributed by atoms with Gasteiger partial charge in [-0.2, -0.15) is 17.6 Å². The lowest BCUT2D eigenvalue weighted by Gasteiger charge is -2.16. The molecule has 0 spiro atoms. The molecule has 0 aromatic heterocycles. The number of hydrogen-bond donors (Lipinski definition) is 0. The molecule has 1 aromatic rings. The van der Waals surface area contributed by atoms with Gasteiger partial charge in [-0.25, -0.2) is 0 Å². The van der Waals surface area contributed by atoms with Crippen LogP contribution in [0.1, 0.15) is 0 Å². The number of halogens is 4. The molecule has 71 valence electrons. The van der Waals surface area contributed by atoms with Crippen molar-refractivity contribution in [3.8, 4) is 5.75 Å². The van der Waals surface area contributed by atoms with Gasteiger partial charge < -0.3 is 4.74 Å². The van der Waals surface area contributed by atoms with Gasteiger partial charge in [-0.05, 0) is 18.2 Å². The highest BCUT2D eigenvalue weighted by Gasteiger charge is 2.43. The van der Waals surface area contributed by atoms with Crippen molar-refractivity contribution in [2.75, 3.05) is 0 Å². The van der Waals surface area contributed by atoms with Crippen LogP contribution in [0.25, 0.3) is 0 Å². The molecule has 0 saturated carbocycles. The summed E-state index contributed by atoms with van der Waals surface area (Å²) in [7, 11) is 0. The minimum absolute atomic E-state index is 0.340. The first-order chi connectivity index (χ1) is 6.02. The highest BCUT2D eigenvalue weighted by molar-refractivity contribution is 5.20. The van der Waals surface area contributed by atoms with Crippen molar-refractivity contribution < 1.29 is 22.3 Å². The minimum atomic E-state index is -4.45. The van der Waals surface area contributed by atoms with Crippen LogP contribution in [-0.4, -0.2) is 12.5 Å². The Morgan fingerprint density at radius 2 is 2.08 bits per heavy atom. The number of rotatable bonds is 3. The third-order valence-corrected chi connectivity index (χ3v) is 1.19. The van der Waals surface area contributed by atoms with E-state index in [4.69, 9.17) is 0 Å². The largest absolute Gasteiger partial charge is 0.461 e. The van der Waals surface area contributed by atoms with Crippen LogP contribution in [0, 0.1) is 6.07 Å². The van der Waals surface area contributed by atoms with E-state index < -0.39 is 12.5 Å². The number of ether oxygens (including phenoxy) is 1. The topological polar surface area (TPSA) is 9.23 Å². The van der Waals surface area contributed by atoms with E-state index in [1.807, 2.05) is 0 Å². The van der Waals surface area contributed by atoms with Crippen LogP contribution >= 0.6 is 0 Å². The molecule has 1 radical (unpaired) electrons. The molecule has 13 heavy (non-hydrogen) atoms. The zero-order valence-electron chi connectivity index (χ0n) is 6.31. The smallest absolute Gasteiger partial charge is 0.428 e. The first-order valence-electron chi connectivity index (χ1n) is 3.33. The fourth-order valence-electron chi connectivity index (χ4n) is 0.642. The van der Waals surface area contributed by atoms with Crippen LogP contribution < -0.4 is 4.74 Å². The third kappa shape index (κ3) is 2.61. The molecular weight excluding hydrogens is 188 g/mol. The lowest BCUT2D eigenvalue weighted by molar-refractivity contribution is -0.253. The molecule has 0 aliphatic carbocycles. The summed E-state index contributed by atoms with van der Waals surface area (Å²) in [5, 5.41) is 0. The number of benzene rings is 1. The Bertz CT molecular complexity index is 260. The van der Waals surface area contributed by atoms with Crippen molar-refractivity contribution in [3.05, 3.63) is 30.3 Å². The van der Waals surface area contributed by atoms with Crippen molar-refractivity contribution in [1.82, 2.24) is 0 Å². The maximum Gasteiger partial charge on any atom is 0.461 e. The molecule has 0 amide bonds. The summed E-state index contributed by atoms with van der Waals surface area (Å²) in [5.41, 5.74) is 0. The molecule has 0 aliphatic heterocycles. The average molecular weight is 193 g/mol. The maximum absolute atomic E-state index is 12.2. The van der Waals surface area contributed by atoms with E-state index in [0.717, 1.165) is 12.1 Å². The molecule has 0 aliphatic rings. The average Bonchev–Trinajstić information content (AvgIpc) is 2.05. The van der Waals surface area contributed by atoms with Gasteiger partial charge in [-0.1, -0.05) is 12.1 Å². The molecule has 0 atom stereocenters. The molecule has 0 heterocycles. The summed E-state index contributed by atoms with van der Waals surface area (Å²) < 4.78 is 51.5. The van der Waals surface area contributed by atoms with Gasteiger partial charge in [0.05, 0.1) is 0 Å². The summed E-state index contributed by atoms with van der Waals surface area (Å²) in [6.07, 6.45) is -8.29. The second-order valence-corrected chi connectivity index (χ2v) is 2.20. The monoisotopic (exact) mass is 193 g/mol. The Morgan fingerprint density at radius 3 is 2.54 bits per heavy atom. The van der Waals surface area contributed by atoms with E-state index >= 15 is 0 Å². The lowest BCUT2D eigenvalue weighted by atomic mass is 10.3. The Hall–Kier alpha value is -1.26. The van der Waals surface area contributed by atoms with E-state index in [2.05, 4.69) is 10.8 Å². The fourth-order valence-corrected chi connectivity index (χ4v) is 0.642. The van der Waals surface area contributed by atoms with Crippen LogP contribution in [-0.2, 0) is 0 Å². The molecule has 1 rings (SSSR count). The fraction of sp³-hybridized carbons (Fsp3) is 0.250. The zero-order valence-corrected chi connectivity index (χ0v) is 6.31. The second kappa shape index (κ2) is 3.64. The Morgan fingerprint density at radius 1 is 1.38 bits per heavy atom. The quantitative estimate of drug-likeness (QED) is 0.670. The van der Waals surface area contributed by atoms with Crippen LogP contribution in [0.3, 0.4) is 0 Å². The molecule has 0 saturated heterocycles. The molecule has 1 aromatic carbocycles. The van der Waals surface area contributed by atoms with Crippen molar-refractivity contribution in [2.45, 2.75) is 12.5 Å². The first kappa shape index (κ1) is 9.83. The van der Waals surface area contributed by atoms with Gasteiger partial charge in [0, 0.05) is 0 Å². The SMILES string of the molecule is FC(F)C(F)(F)Oc1c[c]ccc1. The molecule has 0 unspecified atom stereocenters. The van der Waals surface area contributed by atoms with Gasteiger partial charge in [0.2, 0.25) is 0 Å². The summed E-state index contributed by atoms with van der Waals surface area (Å²) in [6.45, 7) is 0. The predicted molar refractivity (Wildman–Crippen MR) is 36.9 cm³/mol. The molecule has 0 N–H and O–H groups in total. The van der Waals surface area contributed by atoms with Crippen LogP contribution in [0.15, 0.2) is 24.3 Å². The Labute approximate surface area is 71.9 Å². The highest BCUT2D eigenvalue weighted by Crippen LogP contribution is 2.26. The number of alkyl halides is 4. The minimum Gasteiger partial charge on any atom is -0.428 e. The second-order valence-electron chi connectivity index (χ2n) is 2.20. The van der Waals surface area contributed by atoms with E-state index in [0.29, 0.717) is 0 Å². The molecule has 1 nitrogen and oxygen atoms in total. The maximum atomic E-state index is 12.2. The summed E-state index contributed by atoms with van der Waals surface area (Å²) in [6, 6.07) is 7.41. The third-order valence-electron chi connectivity index (χ3n) is 1.19. The number of hydrogen-bond acceptors (Lipinski definition) is 1. The lowest BCUT2D eigenvalue weighted by Crippen LogP contribution is -2.33. The highest BCUT2D eigenvalue weighted by atomic mass is 19.3. The van der Waals surface area contributed by atoms with E-state index in [1.165, 1.54) is 12.1 Å². The van der Waals surface area contributed by atoms with Crippen LogP contribution in [0.4, 0.5) is 17.6 Å². The van der Waals surface area contributed by atoms with Crippen molar-refractivity contribution in [3.63, 3.8) is 0 Å². The van der Waals surface area contributed by atoms with Gasteiger partial charge in [-0.15, -0.1) is 0 Å². The van der Waals surface area contributed by atoms with E-state index in [-0.39, 0.29) is 5.75 Å². The van der Waals surface area contributed by atoms with Crippen molar-refractivity contribution >= 4 is 0 Å². The standard InChI is InChI=1S/C8H5F4O/c9-7(10)8(11,12)13-6-4-2-1-3-5-6/h1-2,4-5,7H.